The number of rotatable bonds is 7. The van der Waals surface area contributed by atoms with Crippen molar-refractivity contribution >= 4 is 5.97 Å². The lowest BCUT2D eigenvalue weighted by atomic mass is 10.3. The lowest BCUT2D eigenvalue weighted by molar-refractivity contribution is -0.214. The Bertz CT molecular complexity index is 243. The molecule has 0 aliphatic carbocycles. The number of esters is 1. The molecule has 0 aromatic rings. The molecule has 0 aliphatic heterocycles. The van der Waals surface area contributed by atoms with E-state index in [0.717, 1.165) is 0 Å². The predicted octanol–water partition coefficient (Wildman–Crippen LogP) is 2.02. The molecular formula is C11H18O4. The topological polar surface area (TPSA) is 44.8 Å². The summed E-state index contributed by atoms with van der Waals surface area (Å²) in [7, 11) is 0. The lowest BCUT2D eigenvalue weighted by Crippen LogP contribution is -2.32. The smallest absolute Gasteiger partial charge is 0.335 e. The second-order valence-corrected chi connectivity index (χ2v) is 3.46. The van der Waals surface area contributed by atoms with Crippen LogP contribution < -0.4 is 0 Å². The van der Waals surface area contributed by atoms with Gasteiger partial charge in [0.1, 0.15) is 6.61 Å². The van der Waals surface area contributed by atoms with Gasteiger partial charge in [-0.1, -0.05) is 13.2 Å². The quantitative estimate of drug-likeness (QED) is 0.214. The van der Waals surface area contributed by atoms with Crippen molar-refractivity contribution in [3.63, 3.8) is 0 Å². The van der Waals surface area contributed by atoms with Gasteiger partial charge < -0.3 is 14.2 Å². The van der Waals surface area contributed by atoms with E-state index in [1.807, 2.05) is 0 Å². The highest BCUT2D eigenvalue weighted by molar-refractivity contribution is 5.87. The molecule has 0 amide bonds. The standard InChI is InChI=1S/C11H18O4/c1-6-13-7-8-14-11(4,5)15-10(12)9(2)3/h6H,1-2,7-8H2,3-5H3. The molecular weight excluding hydrogens is 196 g/mol. The van der Waals surface area contributed by atoms with Gasteiger partial charge in [0.05, 0.1) is 12.9 Å². The van der Waals surface area contributed by atoms with Crippen LogP contribution in [-0.2, 0) is 19.0 Å². The molecule has 0 aromatic carbocycles. The third kappa shape index (κ3) is 6.74. The predicted molar refractivity (Wildman–Crippen MR) is 57.1 cm³/mol. The molecule has 4 heteroatoms. The molecule has 0 bridgehead atoms. The Morgan fingerprint density at radius 3 is 2.47 bits per heavy atom. The average molecular weight is 214 g/mol. The lowest BCUT2D eigenvalue weighted by Gasteiger charge is -2.25. The Kier molecular flexibility index (Phi) is 5.70. The van der Waals surface area contributed by atoms with Crippen molar-refractivity contribution in [2.45, 2.75) is 26.6 Å². The van der Waals surface area contributed by atoms with E-state index in [1.54, 1.807) is 20.8 Å². The van der Waals surface area contributed by atoms with E-state index in [9.17, 15) is 4.79 Å². The van der Waals surface area contributed by atoms with Crippen molar-refractivity contribution in [3.05, 3.63) is 25.0 Å². The fraction of sp³-hybridized carbons (Fsp3) is 0.545. The molecule has 0 aromatic heterocycles. The van der Waals surface area contributed by atoms with Gasteiger partial charge in [-0.15, -0.1) is 0 Å². The summed E-state index contributed by atoms with van der Waals surface area (Å²) in [6.07, 6.45) is 1.33. The highest BCUT2D eigenvalue weighted by atomic mass is 16.7. The zero-order valence-corrected chi connectivity index (χ0v) is 9.54. The number of carbonyl (C=O) groups excluding carboxylic acids is 1. The van der Waals surface area contributed by atoms with Gasteiger partial charge in [0.2, 0.25) is 5.79 Å². The fourth-order valence-corrected chi connectivity index (χ4v) is 0.759. The van der Waals surface area contributed by atoms with Crippen LogP contribution in [0.3, 0.4) is 0 Å². The van der Waals surface area contributed by atoms with Crippen LogP contribution in [-0.4, -0.2) is 25.0 Å². The van der Waals surface area contributed by atoms with Gasteiger partial charge >= 0.3 is 5.97 Å². The maximum absolute atomic E-state index is 11.2. The van der Waals surface area contributed by atoms with Crippen LogP contribution in [0.1, 0.15) is 20.8 Å². The minimum Gasteiger partial charge on any atom is -0.499 e. The van der Waals surface area contributed by atoms with E-state index in [4.69, 9.17) is 14.2 Å². The third-order valence-corrected chi connectivity index (χ3v) is 1.46. The molecule has 0 fully saturated rings. The van der Waals surface area contributed by atoms with Gasteiger partial charge in [0.15, 0.2) is 0 Å². The zero-order chi connectivity index (χ0) is 11.9. The summed E-state index contributed by atoms with van der Waals surface area (Å²) < 4.78 is 15.2. The number of ether oxygens (including phenoxy) is 3. The van der Waals surface area contributed by atoms with Gasteiger partial charge in [0.25, 0.3) is 0 Å². The van der Waals surface area contributed by atoms with Crippen molar-refractivity contribution in [2.24, 2.45) is 0 Å². The summed E-state index contributed by atoms with van der Waals surface area (Å²) in [6, 6.07) is 0. The van der Waals surface area contributed by atoms with E-state index >= 15 is 0 Å². The minimum atomic E-state index is -0.972. The van der Waals surface area contributed by atoms with Crippen molar-refractivity contribution in [3.8, 4) is 0 Å². The summed E-state index contributed by atoms with van der Waals surface area (Å²) in [6.45, 7) is 12.5. The van der Waals surface area contributed by atoms with E-state index in [0.29, 0.717) is 18.8 Å². The summed E-state index contributed by atoms with van der Waals surface area (Å²) in [4.78, 5) is 11.2. The van der Waals surface area contributed by atoms with Gasteiger partial charge in [-0.05, 0) is 6.92 Å². The molecule has 15 heavy (non-hydrogen) atoms. The van der Waals surface area contributed by atoms with Crippen molar-refractivity contribution in [2.75, 3.05) is 13.2 Å². The van der Waals surface area contributed by atoms with Gasteiger partial charge in [-0.2, -0.15) is 0 Å². The number of hydrogen-bond donors (Lipinski definition) is 0. The van der Waals surface area contributed by atoms with Gasteiger partial charge in [-0.3, -0.25) is 0 Å². The highest BCUT2D eigenvalue weighted by Gasteiger charge is 2.23. The summed E-state index contributed by atoms with van der Waals surface area (Å²) >= 11 is 0. The molecule has 0 spiro atoms. The Labute approximate surface area is 90.5 Å². The monoisotopic (exact) mass is 214 g/mol. The van der Waals surface area contributed by atoms with E-state index in [2.05, 4.69) is 13.2 Å². The normalized spacial score (nSPS) is 10.6. The van der Waals surface area contributed by atoms with Crippen LogP contribution >= 0.6 is 0 Å². The zero-order valence-electron chi connectivity index (χ0n) is 9.54. The van der Waals surface area contributed by atoms with Crippen LogP contribution in [0.25, 0.3) is 0 Å². The molecule has 86 valence electrons. The number of hydrogen-bond acceptors (Lipinski definition) is 4. The van der Waals surface area contributed by atoms with Crippen LogP contribution in [0.4, 0.5) is 0 Å². The molecule has 0 aliphatic rings. The Morgan fingerprint density at radius 2 is 2.00 bits per heavy atom. The molecule has 0 heterocycles. The minimum absolute atomic E-state index is 0.322. The summed E-state index contributed by atoms with van der Waals surface area (Å²) in [5.41, 5.74) is 0.342. The van der Waals surface area contributed by atoms with Crippen LogP contribution in [0.15, 0.2) is 25.0 Å². The third-order valence-electron chi connectivity index (χ3n) is 1.46. The first-order valence-corrected chi connectivity index (χ1v) is 4.64. The average Bonchev–Trinajstić information content (AvgIpc) is 2.11. The van der Waals surface area contributed by atoms with Gasteiger partial charge in [0, 0.05) is 19.4 Å². The second kappa shape index (κ2) is 6.24. The van der Waals surface area contributed by atoms with E-state index < -0.39 is 11.8 Å². The van der Waals surface area contributed by atoms with Crippen LogP contribution in [0.2, 0.25) is 0 Å². The molecule has 4 nitrogen and oxygen atoms in total. The van der Waals surface area contributed by atoms with Gasteiger partial charge in [-0.25, -0.2) is 4.79 Å². The van der Waals surface area contributed by atoms with Crippen molar-refractivity contribution in [1.82, 2.24) is 0 Å². The fourth-order valence-electron chi connectivity index (χ4n) is 0.759. The molecule has 0 saturated heterocycles. The molecule has 0 saturated carbocycles. The molecule has 0 unspecified atom stereocenters. The number of carbonyl (C=O) groups is 1. The first kappa shape index (κ1) is 13.7. The van der Waals surface area contributed by atoms with Crippen molar-refractivity contribution in [1.29, 1.82) is 0 Å². The largest absolute Gasteiger partial charge is 0.499 e. The first-order valence-electron chi connectivity index (χ1n) is 4.64. The summed E-state index contributed by atoms with van der Waals surface area (Å²) in [5, 5.41) is 0. The maximum Gasteiger partial charge on any atom is 0.335 e. The Hall–Kier alpha value is -1.29. The Morgan fingerprint density at radius 1 is 1.40 bits per heavy atom. The summed E-state index contributed by atoms with van der Waals surface area (Å²) in [5.74, 6) is -1.44. The van der Waals surface area contributed by atoms with E-state index in [-0.39, 0.29) is 0 Å². The second-order valence-electron chi connectivity index (χ2n) is 3.46. The SMILES string of the molecule is C=COCCOC(C)(C)OC(=O)C(=C)C. The Balaban J connectivity index is 3.90. The molecule has 0 radical (unpaired) electrons. The van der Waals surface area contributed by atoms with Crippen LogP contribution in [0, 0.1) is 0 Å². The van der Waals surface area contributed by atoms with E-state index in [1.165, 1.54) is 6.26 Å². The first-order chi connectivity index (χ1) is 6.89. The molecule has 0 rings (SSSR count). The molecule has 0 atom stereocenters. The highest BCUT2D eigenvalue weighted by Crippen LogP contribution is 2.13. The maximum atomic E-state index is 11.2. The van der Waals surface area contributed by atoms with Crippen molar-refractivity contribution < 1.29 is 19.0 Å². The molecule has 0 N–H and O–H groups in total. The van der Waals surface area contributed by atoms with Crippen LogP contribution in [0.5, 0.6) is 0 Å².